The van der Waals surface area contributed by atoms with E-state index < -0.39 is 0 Å². The van der Waals surface area contributed by atoms with Crippen LogP contribution in [0, 0.1) is 29.6 Å². The fourth-order valence-electron chi connectivity index (χ4n) is 5.23. The molecule has 0 saturated heterocycles. The van der Waals surface area contributed by atoms with E-state index in [2.05, 4.69) is 26.1 Å². The molecule has 0 spiro atoms. The van der Waals surface area contributed by atoms with Crippen molar-refractivity contribution < 1.29 is 0 Å². The van der Waals surface area contributed by atoms with Crippen molar-refractivity contribution in [2.75, 3.05) is 0 Å². The average Bonchev–Trinajstić information content (AvgIpc) is 2.27. The van der Waals surface area contributed by atoms with Gasteiger partial charge >= 0.3 is 0 Å². The van der Waals surface area contributed by atoms with Gasteiger partial charge in [0, 0.05) is 12.1 Å². The predicted molar refractivity (Wildman–Crippen MR) is 72.9 cm³/mol. The largest absolute Gasteiger partial charge is 0.310 e. The minimum absolute atomic E-state index is 0.748. The Morgan fingerprint density at radius 1 is 0.941 bits per heavy atom. The Morgan fingerprint density at radius 2 is 1.47 bits per heavy atom. The van der Waals surface area contributed by atoms with Crippen LogP contribution in [0.5, 0.6) is 0 Å². The van der Waals surface area contributed by atoms with Gasteiger partial charge in [0.05, 0.1) is 0 Å². The summed E-state index contributed by atoms with van der Waals surface area (Å²) in [7, 11) is 0. The zero-order valence-electron chi connectivity index (χ0n) is 11.8. The van der Waals surface area contributed by atoms with Crippen LogP contribution in [0.15, 0.2) is 0 Å². The Morgan fingerprint density at radius 3 is 1.88 bits per heavy atom. The molecule has 4 aliphatic carbocycles. The summed E-state index contributed by atoms with van der Waals surface area (Å²) in [6.45, 7) is 7.09. The first-order valence-corrected chi connectivity index (χ1v) is 7.93. The van der Waals surface area contributed by atoms with Gasteiger partial charge in [0.15, 0.2) is 0 Å². The van der Waals surface area contributed by atoms with Crippen LogP contribution in [-0.4, -0.2) is 12.1 Å². The molecule has 4 rings (SSSR count). The molecule has 0 aromatic rings. The first-order chi connectivity index (χ1) is 8.17. The van der Waals surface area contributed by atoms with Crippen molar-refractivity contribution >= 4 is 0 Å². The van der Waals surface area contributed by atoms with Crippen molar-refractivity contribution in [1.29, 1.82) is 0 Å². The molecule has 4 fully saturated rings. The maximum absolute atomic E-state index is 4.05. The molecule has 1 nitrogen and oxygen atoms in total. The van der Waals surface area contributed by atoms with Gasteiger partial charge in [0.1, 0.15) is 0 Å². The molecular weight excluding hydrogens is 206 g/mol. The highest BCUT2D eigenvalue weighted by atomic mass is 15.0. The van der Waals surface area contributed by atoms with Crippen molar-refractivity contribution in [2.24, 2.45) is 29.6 Å². The molecule has 17 heavy (non-hydrogen) atoms. The van der Waals surface area contributed by atoms with Crippen molar-refractivity contribution in [3.8, 4) is 0 Å². The summed E-state index contributed by atoms with van der Waals surface area (Å²) in [5.41, 5.74) is 0. The van der Waals surface area contributed by atoms with Crippen LogP contribution in [0.1, 0.15) is 59.3 Å². The van der Waals surface area contributed by atoms with Crippen LogP contribution in [-0.2, 0) is 0 Å². The summed E-state index contributed by atoms with van der Waals surface area (Å²) in [4.78, 5) is 0. The first-order valence-electron chi connectivity index (χ1n) is 7.93. The Bertz CT molecular complexity index is 243. The van der Waals surface area contributed by atoms with E-state index in [-0.39, 0.29) is 0 Å². The van der Waals surface area contributed by atoms with E-state index in [0.717, 1.165) is 41.7 Å². The highest BCUT2D eigenvalue weighted by Crippen LogP contribution is 2.53. The first kappa shape index (κ1) is 12.0. The Kier molecular flexibility index (Phi) is 3.23. The molecule has 98 valence electrons. The summed E-state index contributed by atoms with van der Waals surface area (Å²) >= 11 is 0. The molecule has 1 unspecified atom stereocenters. The lowest BCUT2D eigenvalue weighted by atomic mass is 9.54. The van der Waals surface area contributed by atoms with Gasteiger partial charge in [-0.15, -0.1) is 0 Å². The molecule has 0 amide bonds. The average molecular weight is 235 g/mol. The summed E-state index contributed by atoms with van der Waals surface area (Å²) in [5, 5.41) is 4.05. The lowest BCUT2D eigenvalue weighted by Gasteiger charge is -2.55. The van der Waals surface area contributed by atoms with Crippen molar-refractivity contribution in [2.45, 2.75) is 71.4 Å². The summed E-state index contributed by atoms with van der Waals surface area (Å²) in [5.74, 6) is 5.06. The molecule has 0 heterocycles. The molecule has 0 aromatic carbocycles. The zero-order chi connectivity index (χ0) is 12.0. The van der Waals surface area contributed by atoms with E-state index in [4.69, 9.17) is 0 Å². The molecule has 0 aromatic heterocycles. The lowest BCUT2D eigenvalue weighted by molar-refractivity contribution is -0.0198. The van der Waals surface area contributed by atoms with Gasteiger partial charge in [-0.1, -0.05) is 20.8 Å². The standard InChI is InChI=1S/C16H29N/c1-4-15(10(2)3)17-16-13-6-11-5-12(8-13)9-14(16)7-11/h10-17H,4-9H2,1-3H3. The van der Waals surface area contributed by atoms with Gasteiger partial charge in [-0.25, -0.2) is 0 Å². The third-order valence-corrected chi connectivity index (χ3v) is 5.88. The lowest BCUT2D eigenvalue weighted by Crippen LogP contribution is -2.57. The summed E-state index contributed by atoms with van der Waals surface area (Å²) in [6, 6.07) is 1.62. The number of rotatable bonds is 4. The minimum Gasteiger partial charge on any atom is -0.310 e. The molecule has 4 saturated carbocycles. The molecule has 0 aliphatic heterocycles. The molecular formula is C16H29N. The van der Waals surface area contributed by atoms with E-state index in [1.54, 1.807) is 32.1 Å². The van der Waals surface area contributed by atoms with Gasteiger partial charge in [0.2, 0.25) is 0 Å². The number of hydrogen-bond acceptors (Lipinski definition) is 1. The zero-order valence-corrected chi connectivity index (χ0v) is 11.8. The van der Waals surface area contributed by atoms with Crippen molar-refractivity contribution in [1.82, 2.24) is 5.32 Å². The van der Waals surface area contributed by atoms with Gasteiger partial charge in [-0.3, -0.25) is 0 Å². The fourth-order valence-corrected chi connectivity index (χ4v) is 5.23. The predicted octanol–water partition coefficient (Wildman–Crippen LogP) is 3.84. The fraction of sp³-hybridized carbons (Fsp3) is 1.00. The van der Waals surface area contributed by atoms with Gasteiger partial charge < -0.3 is 5.32 Å². The second-order valence-corrected chi connectivity index (χ2v) is 7.38. The topological polar surface area (TPSA) is 12.0 Å². The highest BCUT2D eigenvalue weighted by molar-refractivity contribution is 5.02. The number of nitrogens with one attached hydrogen (secondary N) is 1. The second-order valence-electron chi connectivity index (χ2n) is 7.38. The van der Waals surface area contributed by atoms with Crippen molar-refractivity contribution in [3.05, 3.63) is 0 Å². The molecule has 1 N–H and O–H groups in total. The highest BCUT2D eigenvalue weighted by Gasteiger charge is 2.48. The van der Waals surface area contributed by atoms with Crippen LogP contribution in [0.3, 0.4) is 0 Å². The quantitative estimate of drug-likeness (QED) is 0.781. The summed E-state index contributed by atoms with van der Waals surface area (Å²) < 4.78 is 0. The number of hydrogen-bond donors (Lipinski definition) is 1. The Balaban J connectivity index is 1.67. The minimum atomic E-state index is 0.748. The molecule has 1 heteroatoms. The SMILES string of the molecule is CCC(NC1C2CC3CC(C2)CC1C3)C(C)C. The second kappa shape index (κ2) is 4.57. The van der Waals surface area contributed by atoms with E-state index >= 15 is 0 Å². The van der Waals surface area contributed by atoms with Crippen LogP contribution < -0.4 is 5.32 Å². The van der Waals surface area contributed by atoms with Crippen LogP contribution in [0.25, 0.3) is 0 Å². The van der Waals surface area contributed by atoms with Crippen molar-refractivity contribution in [3.63, 3.8) is 0 Å². The van der Waals surface area contributed by atoms with Crippen LogP contribution in [0.2, 0.25) is 0 Å². The Hall–Kier alpha value is -0.0400. The van der Waals surface area contributed by atoms with E-state index in [9.17, 15) is 0 Å². The Labute approximate surface area is 107 Å². The molecule has 0 radical (unpaired) electrons. The van der Waals surface area contributed by atoms with Gasteiger partial charge in [-0.05, 0) is 68.1 Å². The van der Waals surface area contributed by atoms with Crippen LogP contribution in [0.4, 0.5) is 0 Å². The van der Waals surface area contributed by atoms with Crippen LogP contribution >= 0.6 is 0 Å². The third kappa shape index (κ3) is 2.16. The van der Waals surface area contributed by atoms with Gasteiger partial charge in [0.25, 0.3) is 0 Å². The van der Waals surface area contributed by atoms with E-state index in [1.165, 1.54) is 6.42 Å². The van der Waals surface area contributed by atoms with Gasteiger partial charge in [-0.2, -0.15) is 0 Å². The monoisotopic (exact) mass is 235 g/mol. The normalized spacial score (nSPS) is 45.5. The summed E-state index contributed by atoms with van der Waals surface area (Å²) in [6.07, 6.45) is 9.03. The third-order valence-electron chi connectivity index (χ3n) is 5.88. The molecule has 4 aliphatic rings. The molecule has 1 atom stereocenters. The maximum atomic E-state index is 4.05. The van der Waals surface area contributed by atoms with E-state index in [1.807, 2.05) is 0 Å². The molecule has 4 bridgehead atoms. The van der Waals surface area contributed by atoms with E-state index in [0.29, 0.717) is 0 Å². The smallest absolute Gasteiger partial charge is 0.0127 e. The maximum Gasteiger partial charge on any atom is 0.0127 e.